The highest BCUT2D eigenvalue weighted by Crippen LogP contribution is 2.50. The number of anilines is 1. The molecule has 0 fully saturated rings. The van der Waals surface area contributed by atoms with Crippen molar-refractivity contribution in [3.05, 3.63) is 81.5 Å². The zero-order valence-electron chi connectivity index (χ0n) is 17.3. The summed E-state index contributed by atoms with van der Waals surface area (Å²) in [6, 6.07) is 16.2. The van der Waals surface area contributed by atoms with Gasteiger partial charge in [0.1, 0.15) is 0 Å². The molecule has 0 bridgehead atoms. The van der Waals surface area contributed by atoms with Gasteiger partial charge in [0.25, 0.3) is 0 Å². The molecule has 1 aromatic heterocycles. The van der Waals surface area contributed by atoms with E-state index in [2.05, 4.69) is 60.6 Å². The van der Waals surface area contributed by atoms with Gasteiger partial charge in [-0.1, -0.05) is 67.4 Å². The van der Waals surface area contributed by atoms with Gasteiger partial charge in [0, 0.05) is 34.2 Å². The van der Waals surface area contributed by atoms with E-state index in [1.807, 2.05) is 24.3 Å². The van der Waals surface area contributed by atoms with Crippen LogP contribution in [0.15, 0.2) is 59.8 Å². The van der Waals surface area contributed by atoms with Crippen LogP contribution in [0, 0.1) is 12.3 Å². The second kappa shape index (κ2) is 6.85. The van der Waals surface area contributed by atoms with Crippen LogP contribution in [0.5, 0.6) is 0 Å². The van der Waals surface area contributed by atoms with Gasteiger partial charge >= 0.3 is 0 Å². The van der Waals surface area contributed by atoms with Crippen LogP contribution in [-0.4, -0.2) is 16.0 Å². The number of allylic oxidation sites excluding steroid dienone is 2. The van der Waals surface area contributed by atoms with Gasteiger partial charge in [-0.3, -0.25) is 9.89 Å². The summed E-state index contributed by atoms with van der Waals surface area (Å²) in [4.78, 5) is 13.4. The second-order valence-corrected chi connectivity index (χ2v) is 9.61. The number of nitrogens with zero attached hydrogens (tertiary/aromatic N) is 1. The van der Waals surface area contributed by atoms with Gasteiger partial charge in [0.05, 0.1) is 5.69 Å². The standard InChI is InChI=1S/C25H24ClN3O/c1-14-4-6-16(7-5-14)23-22-20(15-8-10-17(26)11-9-15)21-18(27-24(22)29-28-23)12-25(2,3)13-19(21)30/h4-11,20H,12-13H2,1-3H3,(H2,27,28,29)/t20-/m0/s1. The molecule has 30 heavy (non-hydrogen) atoms. The Morgan fingerprint density at radius 1 is 1.03 bits per heavy atom. The summed E-state index contributed by atoms with van der Waals surface area (Å²) >= 11 is 6.17. The van der Waals surface area contributed by atoms with Crippen molar-refractivity contribution in [2.45, 2.75) is 39.5 Å². The molecular weight excluding hydrogens is 394 g/mol. The van der Waals surface area contributed by atoms with Crippen LogP contribution >= 0.6 is 11.6 Å². The lowest BCUT2D eigenvalue weighted by molar-refractivity contribution is -0.118. The third-order valence-electron chi connectivity index (χ3n) is 6.11. The molecule has 5 heteroatoms. The summed E-state index contributed by atoms with van der Waals surface area (Å²) in [5, 5.41) is 12.0. The highest BCUT2D eigenvalue weighted by Gasteiger charge is 2.42. The minimum atomic E-state index is -0.174. The quantitative estimate of drug-likeness (QED) is 0.518. The van der Waals surface area contributed by atoms with Gasteiger partial charge in [0.2, 0.25) is 0 Å². The average Bonchev–Trinajstić information content (AvgIpc) is 3.10. The Kier molecular flexibility index (Phi) is 4.37. The van der Waals surface area contributed by atoms with Crippen molar-refractivity contribution < 1.29 is 4.79 Å². The van der Waals surface area contributed by atoms with Gasteiger partial charge in [-0.05, 0) is 42.0 Å². The first kappa shape index (κ1) is 19.1. The highest BCUT2D eigenvalue weighted by molar-refractivity contribution is 6.30. The molecule has 0 amide bonds. The normalized spacial score (nSPS) is 19.9. The summed E-state index contributed by atoms with van der Waals surface area (Å²) in [7, 11) is 0. The molecule has 2 aromatic carbocycles. The second-order valence-electron chi connectivity index (χ2n) is 9.17. The molecule has 0 saturated carbocycles. The SMILES string of the molecule is Cc1ccc(-c2[nH]nc3c2[C@@H](c2ccc(Cl)cc2)C2=C(CC(C)(C)CC2=O)N3)cc1. The number of halogens is 1. The number of benzene rings is 2. The zero-order chi connectivity index (χ0) is 21.0. The number of aromatic nitrogens is 2. The van der Waals surface area contributed by atoms with Crippen molar-refractivity contribution in [3.8, 4) is 11.3 Å². The average molecular weight is 418 g/mol. The summed E-state index contributed by atoms with van der Waals surface area (Å²) in [5.41, 5.74) is 7.06. The number of Topliss-reactive ketones (excluding diaryl/α,β-unsaturated/α-hetero) is 1. The molecule has 2 N–H and O–H groups in total. The van der Waals surface area contributed by atoms with Crippen LogP contribution < -0.4 is 5.32 Å². The number of aryl methyl sites for hydroxylation is 1. The summed E-state index contributed by atoms with van der Waals surface area (Å²) in [5.74, 6) is 0.831. The number of aromatic amines is 1. The van der Waals surface area contributed by atoms with Crippen molar-refractivity contribution in [3.63, 3.8) is 0 Å². The molecule has 2 heterocycles. The maximum absolute atomic E-state index is 13.4. The lowest BCUT2D eigenvalue weighted by Crippen LogP contribution is -2.33. The predicted molar refractivity (Wildman–Crippen MR) is 121 cm³/mol. The Balaban J connectivity index is 1.73. The van der Waals surface area contributed by atoms with Crippen molar-refractivity contribution in [1.82, 2.24) is 10.2 Å². The third-order valence-corrected chi connectivity index (χ3v) is 6.37. The molecule has 1 aliphatic heterocycles. The van der Waals surface area contributed by atoms with Gasteiger partial charge in [-0.2, -0.15) is 5.10 Å². The van der Waals surface area contributed by atoms with Crippen LogP contribution in [-0.2, 0) is 4.79 Å². The Labute approximate surface area is 181 Å². The lowest BCUT2D eigenvalue weighted by Gasteiger charge is -2.38. The monoisotopic (exact) mass is 417 g/mol. The van der Waals surface area contributed by atoms with E-state index < -0.39 is 0 Å². The van der Waals surface area contributed by atoms with Gasteiger partial charge < -0.3 is 5.32 Å². The maximum atomic E-state index is 13.4. The van der Waals surface area contributed by atoms with Crippen LogP contribution in [0.3, 0.4) is 0 Å². The molecule has 0 saturated heterocycles. The number of carbonyl (C=O) groups excluding carboxylic acids is 1. The first-order valence-electron chi connectivity index (χ1n) is 10.3. The first-order chi connectivity index (χ1) is 14.3. The van der Waals surface area contributed by atoms with E-state index in [0.717, 1.165) is 45.9 Å². The summed E-state index contributed by atoms with van der Waals surface area (Å²) in [6.45, 7) is 6.36. The minimum Gasteiger partial charge on any atom is -0.342 e. The van der Waals surface area contributed by atoms with Crippen molar-refractivity contribution in [2.24, 2.45) is 5.41 Å². The molecule has 0 spiro atoms. The van der Waals surface area contributed by atoms with E-state index in [1.54, 1.807) is 0 Å². The Morgan fingerprint density at radius 3 is 2.43 bits per heavy atom. The van der Waals surface area contributed by atoms with E-state index in [4.69, 9.17) is 11.6 Å². The maximum Gasteiger partial charge on any atom is 0.162 e. The van der Waals surface area contributed by atoms with Crippen molar-refractivity contribution >= 4 is 23.2 Å². The molecule has 3 aromatic rings. The number of rotatable bonds is 2. The van der Waals surface area contributed by atoms with Crippen LogP contribution in [0.25, 0.3) is 11.3 Å². The molecule has 1 aliphatic carbocycles. The summed E-state index contributed by atoms with van der Waals surface area (Å²) in [6.07, 6.45) is 1.37. The molecule has 1 atom stereocenters. The van der Waals surface area contributed by atoms with Crippen LogP contribution in [0.1, 0.15) is 49.3 Å². The minimum absolute atomic E-state index is 0.0684. The number of fused-ring (bicyclic) bond motifs is 1. The Bertz CT molecular complexity index is 1170. The lowest BCUT2D eigenvalue weighted by atomic mass is 9.69. The molecule has 0 unspecified atom stereocenters. The van der Waals surface area contributed by atoms with Gasteiger partial charge in [-0.15, -0.1) is 0 Å². The molecular formula is C25H24ClN3O. The molecule has 152 valence electrons. The number of carbonyl (C=O) groups is 1. The van der Waals surface area contributed by atoms with E-state index in [0.29, 0.717) is 11.4 Å². The zero-order valence-corrected chi connectivity index (χ0v) is 18.1. The van der Waals surface area contributed by atoms with Crippen LogP contribution in [0.2, 0.25) is 5.02 Å². The van der Waals surface area contributed by atoms with E-state index in [1.165, 1.54) is 5.56 Å². The van der Waals surface area contributed by atoms with Crippen LogP contribution in [0.4, 0.5) is 5.82 Å². The number of hydrogen-bond donors (Lipinski definition) is 2. The molecule has 2 aliphatic rings. The predicted octanol–water partition coefficient (Wildman–Crippen LogP) is 6.24. The topological polar surface area (TPSA) is 57.8 Å². The fourth-order valence-corrected chi connectivity index (χ4v) is 4.85. The molecule has 4 nitrogen and oxygen atoms in total. The fourth-order valence-electron chi connectivity index (χ4n) is 4.72. The third kappa shape index (κ3) is 3.16. The molecule has 0 radical (unpaired) electrons. The number of hydrogen-bond acceptors (Lipinski definition) is 3. The number of H-pyrrole nitrogens is 1. The smallest absolute Gasteiger partial charge is 0.162 e. The van der Waals surface area contributed by atoms with Gasteiger partial charge in [0.15, 0.2) is 11.6 Å². The Morgan fingerprint density at radius 2 is 1.73 bits per heavy atom. The van der Waals surface area contributed by atoms with E-state index in [-0.39, 0.29) is 17.1 Å². The summed E-state index contributed by atoms with van der Waals surface area (Å²) < 4.78 is 0. The first-order valence-corrected chi connectivity index (χ1v) is 10.6. The van der Waals surface area contributed by atoms with Crippen molar-refractivity contribution in [2.75, 3.05) is 5.32 Å². The van der Waals surface area contributed by atoms with E-state index in [9.17, 15) is 4.79 Å². The van der Waals surface area contributed by atoms with E-state index >= 15 is 0 Å². The Hall–Kier alpha value is -2.85. The fraction of sp³-hybridized carbons (Fsp3) is 0.280. The highest BCUT2D eigenvalue weighted by atomic mass is 35.5. The molecule has 5 rings (SSSR count). The largest absolute Gasteiger partial charge is 0.342 e. The van der Waals surface area contributed by atoms with Crippen molar-refractivity contribution in [1.29, 1.82) is 0 Å². The number of ketones is 1. The number of nitrogens with one attached hydrogen (secondary N) is 2. The van der Waals surface area contributed by atoms with Gasteiger partial charge in [-0.25, -0.2) is 0 Å².